The molecule has 0 radical (unpaired) electrons. The average Bonchev–Trinajstić information content (AvgIpc) is 2.04. The number of rotatable bonds is 4. The molecule has 4 nitrogen and oxygen atoms in total. The number of aliphatic carboxylic acids is 1. The minimum atomic E-state index is -0.662. The smallest absolute Gasteiger partial charge is 0.304 e. The number of hydrogen-bond donors (Lipinski definition) is 1. The third kappa shape index (κ3) is 2.07. The van der Waals surface area contributed by atoms with E-state index in [0.717, 1.165) is 25.4 Å². The van der Waals surface area contributed by atoms with Crippen molar-refractivity contribution in [2.24, 2.45) is 5.92 Å². The van der Waals surface area contributed by atoms with Gasteiger partial charge in [-0.05, 0) is 25.9 Å². The van der Waals surface area contributed by atoms with Gasteiger partial charge in [-0.1, -0.05) is 0 Å². The van der Waals surface area contributed by atoms with Crippen LogP contribution < -0.4 is 0 Å². The number of carboxylic acids is 1. The second-order valence-corrected chi connectivity index (χ2v) is 4.62. The third-order valence-electron chi connectivity index (χ3n) is 3.31. The van der Waals surface area contributed by atoms with Crippen molar-refractivity contribution in [3.05, 3.63) is 0 Å². The maximum absolute atomic E-state index is 10.5. The van der Waals surface area contributed by atoms with Crippen molar-refractivity contribution in [3.63, 3.8) is 0 Å². The Morgan fingerprint density at radius 2 is 2.21 bits per heavy atom. The van der Waals surface area contributed by atoms with E-state index in [1.807, 2.05) is 0 Å². The lowest BCUT2D eigenvalue weighted by Gasteiger charge is -2.46. The summed E-state index contributed by atoms with van der Waals surface area (Å²) in [4.78, 5) is 15.2. The summed E-state index contributed by atoms with van der Waals surface area (Å²) in [5, 5.41) is 8.68. The van der Waals surface area contributed by atoms with Gasteiger partial charge in [0.15, 0.2) is 0 Å². The van der Waals surface area contributed by atoms with Crippen LogP contribution in [0.25, 0.3) is 0 Å². The molecule has 0 aromatic carbocycles. The molecule has 14 heavy (non-hydrogen) atoms. The van der Waals surface area contributed by atoms with Crippen molar-refractivity contribution < 1.29 is 9.90 Å². The summed E-state index contributed by atoms with van der Waals surface area (Å²) >= 11 is 0. The second kappa shape index (κ2) is 3.87. The minimum absolute atomic E-state index is 0.318. The summed E-state index contributed by atoms with van der Waals surface area (Å²) < 4.78 is 0. The van der Waals surface area contributed by atoms with E-state index in [1.54, 1.807) is 0 Å². The highest BCUT2D eigenvalue weighted by molar-refractivity contribution is 5.67. The summed E-state index contributed by atoms with van der Waals surface area (Å²) in [6.45, 7) is 4.55. The lowest BCUT2D eigenvalue weighted by molar-refractivity contribution is -0.140. The fourth-order valence-corrected chi connectivity index (χ4v) is 2.44. The van der Waals surface area contributed by atoms with Crippen molar-refractivity contribution in [2.75, 3.05) is 33.2 Å². The molecule has 2 rings (SSSR count). The fourth-order valence-electron chi connectivity index (χ4n) is 2.44. The monoisotopic (exact) mass is 198 g/mol. The molecule has 0 aromatic rings. The predicted molar refractivity (Wildman–Crippen MR) is 53.2 cm³/mol. The van der Waals surface area contributed by atoms with E-state index < -0.39 is 5.97 Å². The van der Waals surface area contributed by atoms with Gasteiger partial charge in [-0.2, -0.15) is 0 Å². The molecule has 2 heterocycles. The first-order chi connectivity index (χ1) is 6.65. The highest BCUT2D eigenvalue weighted by Crippen LogP contribution is 2.24. The summed E-state index contributed by atoms with van der Waals surface area (Å²) in [5.74, 6) is 0.113. The molecule has 0 aromatic heterocycles. The molecule has 0 saturated carbocycles. The van der Waals surface area contributed by atoms with E-state index in [1.165, 1.54) is 13.1 Å². The number of hydrogen-bond acceptors (Lipinski definition) is 3. The average molecular weight is 198 g/mol. The molecule has 2 saturated heterocycles. The molecule has 80 valence electrons. The molecule has 2 aliphatic rings. The van der Waals surface area contributed by atoms with Crippen LogP contribution in [0.1, 0.15) is 12.8 Å². The van der Waals surface area contributed by atoms with Crippen LogP contribution in [0.2, 0.25) is 0 Å². The first kappa shape index (κ1) is 9.93. The molecule has 4 heteroatoms. The van der Waals surface area contributed by atoms with E-state index in [2.05, 4.69) is 16.8 Å². The zero-order valence-electron chi connectivity index (χ0n) is 8.65. The Labute approximate surface area is 84.5 Å². The van der Waals surface area contributed by atoms with Gasteiger partial charge < -0.3 is 10.0 Å². The van der Waals surface area contributed by atoms with Crippen molar-refractivity contribution in [3.8, 4) is 0 Å². The van der Waals surface area contributed by atoms with Gasteiger partial charge >= 0.3 is 5.97 Å². The van der Waals surface area contributed by atoms with Crippen LogP contribution in [0.5, 0.6) is 0 Å². The van der Waals surface area contributed by atoms with E-state index in [-0.39, 0.29) is 0 Å². The topological polar surface area (TPSA) is 43.8 Å². The van der Waals surface area contributed by atoms with Gasteiger partial charge in [0.25, 0.3) is 0 Å². The van der Waals surface area contributed by atoms with E-state index in [4.69, 9.17) is 5.11 Å². The van der Waals surface area contributed by atoms with Crippen LogP contribution in [0.3, 0.4) is 0 Å². The first-order valence-electron chi connectivity index (χ1n) is 5.29. The van der Waals surface area contributed by atoms with Crippen LogP contribution >= 0.6 is 0 Å². The lowest BCUT2D eigenvalue weighted by atomic mass is 9.94. The second-order valence-electron chi connectivity index (χ2n) is 4.62. The summed E-state index contributed by atoms with van der Waals surface area (Å²) in [7, 11) is 2.13. The van der Waals surface area contributed by atoms with Crippen LogP contribution in [0, 0.1) is 5.92 Å². The van der Waals surface area contributed by atoms with Crippen LogP contribution in [0.4, 0.5) is 0 Å². The SMILES string of the molecule is CN1CC(CN2CCC2CC(=O)O)C1. The Morgan fingerprint density at radius 1 is 1.50 bits per heavy atom. The Kier molecular flexibility index (Phi) is 2.74. The molecule has 1 N–H and O–H groups in total. The first-order valence-corrected chi connectivity index (χ1v) is 5.29. The van der Waals surface area contributed by atoms with E-state index in [0.29, 0.717) is 12.5 Å². The molecule has 0 amide bonds. The quantitative estimate of drug-likeness (QED) is 0.695. The maximum atomic E-state index is 10.5. The van der Waals surface area contributed by atoms with Crippen LogP contribution in [-0.2, 0) is 4.79 Å². The minimum Gasteiger partial charge on any atom is -0.481 e. The molecule has 0 aliphatic carbocycles. The van der Waals surface area contributed by atoms with Gasteiger partial charge in [0.1, 0.15) is 0 Å². The molecule has 1 atom stereocenters. The van der Waals surface area contributed by atoms with Gasteiger partial charge in [0.05, 0.1) is 6.42 Å². The van der Waals surface area contributed by atoms with Crippen LogP contribution in [0.15, 0.2) is 0 Å². The third-order valence-corrected chi connectivity index (χ3v) is 3.31. The van der Waals surface area contributed by atoms with Gasteiger partial charge in [0.2, 0.25) is 0 Å². The zero-order valence-corrected chi connectivity index (χ0v) is 8.65. The van der Waals surface area contributed by atoms with E-state index >= 15 is 0 Å². The number of carboxylic acid groups (broad SMARTS) is 1. The Bertz CT molecular complexity index is 226. The Morgan fingerprint density at radius 3 is 2.64 bits per heavy atom. The number of likely N-dealkylation sites (tertiary alicyclic amines) is 2. The molecule has 2 fully saturated rings. The largest absolute Gasteiger partial charge is 0.481 e. The predicted octanol–water partition coefficient (Wildman–Crippen LogP) is 0.0970. The highest BCUT2D eigenvalue weighted by atomic mass is 16.4. The summed E-state index contributed by atoms with van der Waals surface area (Å²) in [5.41, 5.74) is 0. The van der Waals surface area contributed by atoms with E-state index in [9.17, 15) is 4.79 Å². The maximum Gasteiger partial charge on any atom is 0.304 e. The van der Waals surface area contributed by atoms with Gasteiger partial charge in [-0.3, -0.25) is 9.69 Å². The molecule has 0 bridgehead atoms. The van der Waals surface area contributed by atoms with Crippen molar-refractivity contribution in [1.82, 2.24) is 9.80 Å². The fraction of sp³-hybridized carbons (Fsp3) is 0.900. The number of carbonyl (C=O) groups is 1. The standard InChI is InChI=1S/C10H18N2O2/c1-11-5-8(6-11)7-12-3-2-9(12)4-10(13)14/h8-9H,2-7H2,1H3,(H,13,14). The van der Waals surface area contributed by atoms with Crippen molar-refractivity contribution >= 4 is 5.97 Å². The number of nitrogens with zero attached hydrogens (tertiary/aromatic N) is 2. The molecule has 2 aliphatic heterocycles. The lowest BCUT2D eigenvalue weighted by Crippen LogP contribution is -2.56. The summed E-state index contributed by atoms with van der Waals surface area (Å²) in [6, 6.07) is 0.318. The van der Waals surface area contributed by atoms with Crippen molar-refractivity contribution in [2.45, 2.75) is 18.9 Å². The zero-order chi connectivity index (χ0) is 10.1. The Hall–Kier alpha value is -0.610. The highest BCUT2D eigenvalue weighted by Gasteiger charge is 2.34. The van der Waals surface area contributed by atoms with Gasteiger partial charge in [-0.25, -0.2) is 0 Å². The molecular formula is C10H18N2O2. The molecule has 0 spiro atoms. The van der Waals surface area contributed by atoms with Gasteiger partial charge in [0, 0.05) is 25.7 Å². The van der Waals surface area contributed by atoms with Gasteiger partial charge in [-0.15, -0.1) is 0 Å². The molecule has 1 unspecified atom stereocenters. The Balaban J connectivity index is 1.69. The molecular weight excluding hydrogens is 180 g/mol. The normalized spacial score (nSPS) is 29.6. The van der Waals surface area contributed by atoms with Crippen molar-refractivity contribution in [1.29, 1.82) is 0 Å². The summed E-state index contributed by atoms with van der Waals surface area (Å²) in [6.07, 6.45) is 1.39. The van der Waals surface area contributed by atoms with Crippen LogP contribution in [-0.4, -0.2) is 60.1 Å².